The van der Waals surface area contributed by atoms with Crippen LogP contribution < -0.4 is 5.32 Å². The highest BCUT2D eigenvalue weighted by Gasteiger charge is 2.28. The molecule has 1 amide bonds. The van der Waals surface area contributed by atoms with E-state index in [0.29, 0.717) is 17.9 Å². The van der Waals surface area contributed by atoms with Crippen LogP contribution in [0.1, 0.15) is 46.8 Å². The molecule has 1 N–H and O–H groups in total. The third-order valence-corrected chi connectivity index (χ3v) is 4.58. The van der Waals surface area contributed by atoms with Crippen LogP contribution in [0.15, 0.2) is 34.9 Å². The summed E-state index contributed by atoms with van der Waals surface area (Å²) in [5.41, 5.74) is 1.58. The van der Waals surface area contributed by atoms with Crippen LogP contribution in [0.4, 0.5) is 0 Å². The number of aryl methyl sites for hydroxylation is 2. The van der Waals surface area contributed by atoms with E-state index in [-0.39, 0.29) is 24.4 Å². The molecule has 0 radical (unpaired) electrons. The minimum Gasteiger partial charge on any atom is -0.466 e. The summed E-state index contributed by atoms with van der Waals surface area (Å²) in [5.74, 6) is 1.51. The van der Waals surface area contributed by atoms with Crippen molar-refractivity contribution in [2.75, 3.05) is 13.1 Å². The van der Waals surface area contributed by atoms with Crippen molar-refractivity contribution in [2.24, 2.45) is 0 Å². The highest BCUT2D eigenvalue weighted by molar-refractivity contribution is 5.95. The Labute approximate surface area is 155 Å². The van der Waals surface area contributed by atoms with E-state index in [4.69, 9.17) is 4.42 Å². The number of nitrogens with zero attached hydrogens (tertiary/aromatic N) is 2. The average molecular weight is 364 g/mol. The van der Waals surface area contributed by atoms with E-state index in [2.05, 4.69) is 10.3 Å². The van der Waals surface area contributed by atoms with E-state index >= 15 is 0 Å². The lowest BCUT2D eigenvalue weighted by Gasteiger charge is -2.31. The number of carbonyl (C=O) groups excluding carboxylic acids is 1. The van der Waals surface area contributed by atoms with Crippen molar-refractivity contribution in [1.29, 1.82) is 0 Å². The fourth-order valence-electron chi connectivity index (χ4n) is 3.34. The predicted octanol–water partition coefficient (Wildman–Crippen LogP) is 3.50. The monoisotopic (exact) mass is 363 g/mol. The molecule has 5 nitrogen and oxygen atoms in total. The Bertz CT molecular complexity index is 679. The van der Waals surface area contributed by atoms with Crippen LogP contribution in [0.2, 0.25) is 0 Å². The zero-order valence-electron chi connectivity index (χ0n) is 14.8. The summed E-state index contributed by atoms with van der Waals surface area (Å²) in [6.07, 6.45) is 4.84. The van der Waals surface area contributed by atoms with Gasteiger partial charge in [-0.25, -0.2) is 0 Å². The molecule has 2 aromatic rings. The van der Waals surface area contributed by atoms with Crippen LogP contribution in [-0.2, 0) is 6.54 Å². The molecule has 0 spiro atoms. The molecule has 1 aliphatic rings. The van der Waals surface area contributed by atoms with Crippen LogP contribution in [0, 0.1) is 13.8 Å². The minimum atomic E-state index is 0. The van der Waals surface area contributed by atoms with Gasteiger partial charge in [0.05, 0.1) is 17.8 Å². The highest BCUT2D eigenvalue weighted by atomic mass is 35.5. The van der Waals surface area contributed by atoms with Gasteiger partial charge in [0.2, 0.25) is 0 Å². The lowest BCUT2D eigenvalue weighted by molar-refractivity contribution is 0.0640. The molecule has 0 aliphatic carbocycles. The van der Waals surface area contributed by atoms with Gasteiger partial charge in [-0.1, -0.05) is 6.07 Å². The number of carbonyl (C=O) groups is 1. The Morgan fingerprint density at radius 3 is 2.84 bits per heavy atom. The standard InChI is InChI=1S/C19H25N3O2.ClH/c1-14-12-18(15(2)24-14)19(23)22(13-16-6-3-4-10-21-16)17-7-5-9-20-11-8-17;/h3-4,6,10,12,17,20H,5,7-9,11,13H2,1-2H3;1H. The molecule has 3 rings (SSSR count). The van der Waals surface area contributed by atoms with E-state index < -0.39 is 0 Å². The molecule has 3 heterocycles. The molecule has 136 valence electrons. The Balaban J connectivity index is 0.00000225. The van der Waals surface area contributed by atoms with Crippen molar-refractivity contribution in [3.05, 3.63) is 53.2 Å². The SMILES string of the molecule is Cc1cc(C(=O)N(Cc2ccccn2)C2CCCNCC2)c(C)o1.Cl. The lowest BCUT2D eigenvalue weighted by Crippen LogP contribution is -2.40. The Morgan fingerprint density at radius 1 is 1.32 bits per heavy atom. The molecular weight excluding hydrogens is 338 g/mol. The summed E-state index contributed by atoms with van der Waals surface area (Å²) >= 11 is 0. The lowest BCUT2D eigenvalue weighted by atomic mass is 10.0. The first-order valence-electron chi connectivity index (χ1n) is 8.64. The number of aromatic nitrogens is 1. The molecule has 0 bridgehead atoms. The average Bonchev–Trinajstić information content (AvgIpc) is 2.79. The second-order valence-corrected chi connectivity index (χ2v) is 6.42. The topological polar surface area (TPSA) is 58.4 Å². The first kappa shape index (κ1) is 19.5. The van der Waals surface area contributed by atoms with Gasteiger partial charge in [0.1, 0.15) is 11.5 Å². The van der Waals surface area contributed by atoms with Crippen molar-refractivity contribution in [2.45, 2.75) is 45.7 Å². The maximum atomic E-state index is 13.2. The highest BCUT2D eigenvalue weighted by Crippen LogP contribution is 2.22. The van der Waals surface area contributed by atoms with Crippen LogP contribution in [-0.4, -0.2) is 34.9 Å². The van der Waals surface area contributed by atoms with Gasteiger partial charge in [0, 0.05) is 12.2 Å². The fourth-order valence-corrected chi connectivity index (χ4v) is 3.34. The van der Waals surface area contributed by atoms with Crippen molar-refractivity contribution in [3.8, 4) is 0 Å². The Hall–Kier alpha value is -1.85. The molecule has 1 atom stereocenters. The molecule has 1 aliphatic heterocycles. The van der Waals surface area contributed by atoms with Crippen molar-refractivity contribution in [1.82, 2.24) is 15.2 Å². The summed E-state index contributed by atoms with van der Waals surface area (Å²) in [7, 11) is 0. The van der Waals surface area contributed by atoms with Gasteiger partial charge < -0.3 is 14.6 Å². The van der Waals surface area contributed by atoms with E-state index in [1.54, 1.807) is 6.20 Å². The molecule has 25 heavy (non-hydrogen) atoms. The van der Waals surface area contributed by atoms with Gasteiger partial charge in [-0.15, -0.1) is 12.4 Å². The summed E-state index contributed by atoms with van der Waals surface area (Å²) in [5, 5.41) is 3.42. The maximum Gasteiger partial charge on any atom is 0.258 e. The van der Waals surface area contributed by atoms with Crippen molar-refractivity contribution >= 4 is 18.3 Å². The van der Waals surface area contributed by atoms with Crippen LogP contribution in [0.3, 0.4) is 0 Å². The second kappa shape index (κ2) is 9.02. The normalized spacial score (nSPS) is 17.4. The minimum absolute atomic E-state index is 0. The molecule has 6 heteroatoms. The predicted molar refractivity (Wildman–Crippen MR) is 100 cm³/mol. The van der Waals surface area contributed by atoms with Crippen molar-refractivity contribution in [3.63, 3.8) is 0 Å². The number of amides is 1. The molecular formula is C19H26ClN3O2. The third-order valence-electron chi connectivity index (χ3n) is 4.58. The number of hydrogen-bond acceptors (Lipinski definition) is 4. The zero-order chi connectivity index (χ0) is 16.9. The molecule has 2 aromatic heterocycles. The first-order valence-corrected chi connectivity index (χ1v) is 8.64. The number of nitrogens with one attached hydrogen (secondary N) is 1. The molecule has 1 unspecified atom stereocenters. The van der Waals surface area contributed by atoms with Gasteiger partial charge in [0.15, 0.2) is 0 Å². The summed E-state index contributed by atoms with van der Waals surface area (Å²) in [4.78, 5) is 19.6. The van der Waals surface area contributed by atoms with Crippen LogP contribution in [0.25, 0.3) is 0 Å². The van der Waals surface area contributed by atoms with Gasteiger partial charge >= 0.3 is 0 Å². The fraction of sp³-hybridized carbons (Fsp3) is 0.474. The third kappa shape index (κ3) is 4.83. The number of hydrogen-bond donors (Lipinski definition) is 1. The number of rotatable bonds is 4. The van der Waals surface area contributed by atoms with E-state index in [1.807, 2.05) is 43.0 Å². The quantitative estimate of drug-likeness (QED) is 0.903. The van der Waals surface area contributed by atoms with Gasteiger partial charge in [0.25, 0.3) is 5.91 Å². The maximum absolute atomic E-state index is 13.2. The van der Waals surface area contributed by atoms with Crippen LogP contribution in [0.5, 0.6) is 0 Å². The Morgan fingerprint density at radius 2 is 2.16 bits per heavy atom. The molecule has 0 saturated carbocycles. The Kier molecular flexibility index (Phi) is 7.02. The van der Waals surface area contributed by atoms with Gasteiger partial charge in [-0.05, 0) is 64.4 Å². The summed E-state index contributed by atoms with van der Waals surface area (Å²) in [6, 6.07) is 7.91. The number of furan rings is 1. The summed E-state index contributed by atoms with van der Waals surface area (Å²) < 4.78 is 5.57. The number of halogens is 1. The summed E-state index contributed by atoms with van der Waals surface area (Å²) in [6.45, 7) is 6.23. The van der Waals surface area contributed by atoms with E-state index in [9.17, 15) is 4.79 Å². The van der Waals surface area contributed by atoms with Crippen molar-refractivity contribution < 1.29 is 9.21 Å². The van der Waals surface area contributed by atoms with Crippen LogP contribution >= 0.6 is 12.4 Å². The van der Waals surface area contributed by atoms with Gasteiger partial charge in [-0.2, -0.15) is 0 Å². The first-order chi connectivity index (χ1) is 11.6. The zero-order valence-corrected chi connectivity index (χ0v) is 15.6. The van der Waals surface area contributed by atoms with E-state index in [1.165, 1.54) is 0 Å². The van der Waals surface area contributed by atoms with Gasteiger partial charge in [-0.3, -0.25) is 9.78 Å². The number of pyridine rings is 1. The smallest absolute Gasteiger partial charge is 0.258 e. The second-order valence-electron chi connectivity index (χ2n) is 6.42. The van der Waals surface area contributed by atoms with E-state index in [0.717, 1.165) is 43.8 Å². The largest absolute Gasteiger partial charge is 0.466 e. The molecule has 1 fully saturated rings. The molecule has 1 saturated heterocycles. The molecule has 0 aromatic carbocycles.